The second-order valence-electron chi connectivity index (χ2n) is 9.37. The number of hydrogen-bond acceptors (Lipinski definition) is 4. The zero-order valence-corrected chi connectivity index (χ0v) is 19.0. The number of hydrogen-bond donors (Lipinski definition) is 1. The van der Waals surface area contributed by atoms with E-state index in [0.29, 0.717) is 5.92 Å². The van der Waals surface area contributed by atoms with Crippen LogP contribution in [0.3, 0.4) is 0 Å². The Kier molecular flexibility index (Phi) is 7.80. The van der Waals surface area contributed by atoms with E-state index in [1.165, 1.54) is 11.8 Å². The number of nitrogens with one attached hydrogen (secondary N) is 1. The highest BCUT2D eigenvalue weighted by Gasteiger charge is 2.40. The van der Waals surface area contributed by atoms with E-state index in [-0.39, 0.29) is 22.4 Å². The maximum atomic E-state index is 13.3. The molecule has 1 aromatic rings. The minimum absolute atomic E-state index is 0.118. The predicted molar refractivity (Wildman–Crippen MR) is 121 cm³/mol. The number of para-hydroxylation sites is 1. The second-order valence-corrected chi connectivity index (χ2v) is 10.4. The average molecular weight is 417 g/mol. The summed E-state index contributed by atoms with van der Waals surface area (Å²) < 4.78 is 0. The standard InChI is InChI=1S/C24H36N2O2S/c1-18(2)10-15-24(13-6-7-14-24)23(28)25-20-8-4-5-9-21(20)29-22(27)19-11-16-26(3)17-12-19/h4-5,8-9,18-19H,6-7,10-17H2,1-3H3,(H,25,28). The number of amides is 1. The third kappa shape index (κ3) is 5.85. The van der Waals surface area contributed by atoms with Crippen LogP contribution in [0.15, 0.2) is 29.2 Å². The Balaban J connectivity index is 1.68. The van der Waals surface area contributed by atoms with Crippen LogP contribution in [0, 0.1) is 17.3 Å². The van der Waals surface area contributed by atoms with E-state index in [9.17, 15) is 9.59 Å². The molecule has 29 heavy (non-hydrogen) atoms. The molecule has 1 amide bonds. The van der Waals surface area contributed by atoms with E-state index in [1.54, 1.807) is 0 Å². The number of nitrogens with zero attached hydrogens (tertiary/aromatic N) is 1. The zero-order chi connectivity index (χ0) is 20.9. The SMILES string of the molecule is CC(C)CCC1(C(=O)Nc2ccccc2SC(=O)C2CCN(C)CC2)CCCC1. The summed E-state index contributed by atoms with van der Waals surface area (Å²) in [7, 11) is 2.11. The van der Waals surface area contributed by atoms with Gasteiger partial charge in [0.2, 0.25) is 5.91 Å². The fraction of sp³-hybridized carbons (Fsp3) is 0.667. The number of anilines is 1. The lowest BCUT2D eigenvalue weighted by atomic mass is 9.79. The molecule has 0 spiro atoms. The molecule has 2 aliphatic rings. The number of benzene rings is 1. The first-order chi connectivity index (χ1) is 13.9. The summed E-state index contributed by atoms with van der Waals surface area (Å²) in [5.74, 6) is 0.873. The topological polar surface area (TPSA) is 49.4 Å². The Bertz CT molecular complexity index is 705. The summed E-state index contributed by atoms with van der Waals surface area (Å²) in [5, 5.41) is 3.44. The van der Waals surface area contributed by atoms with Crippen molar-refractivity contribution in [3.63, 3.8) is 0 Å². The summed E-state index contributed by atoms with van der Waals surface area (Å²) in [5.41, 5.74) is 0.555. The highest BCUT2D eigenvalue weighted by Crippen LogP contribution is 2.44. The summed E-state index contributed by atoms with van der Waals surface area (Å²) in [6.45, 7) is 6.41. The molecule has 3 rings (SSSR count). The Morgan fingerprint density at radius 2 is 1.83 bits per heavy atom. The van der Waals surface area contributed by atoms with Gasteiger partial charge in [0.1, 0.15) is 0 Å². The van der Waals surface area contributed by atoms with Crippen LogP contribution >= 0.6 is 11.8 Å². The van der Waals surface area contributed by atoms with Crippen LogP contribution in [0.5, 0.6) is 0 Å². The van der Waals surface area contributed by atoms with Gasteiger partial charge < -0.3 is 10.2 Å². The molecule has 0 radical (unpaired) electrons. The van der Waals surface area contributed by atoms with E-state index in [1.807, 2.05) is 24.3 Å². The molecule has 0 unspecified atom stereocenters. The van der Waals surface area contributed by atoms with Gasteiger partial charge in [-0.15, -0.1) is 0 Å². The lowest BCUT2D eigenvalue weighted by Gasteiger charge is -2.29. The number of carbonyl (C=O) groups excluding carboxylic acids is 2. The van der Waals surface area contributed by atoms with E-state index < -0.39 is 0 Å². The van der Waals surface area contributed by atoms with Crippen LogP contribution in [0.2, 0.25) is 0 Å². The molecule has 1 heterocycles. The third-order valence-electron chi connectivity index (χ3n) is 6.64. The quantitative estimate of drug-likeness (QED) is 0.589. The van der Waals surface area contributed by atoms with E-state index in [4.69, 9.17) is 0 Å². The van der Waals surface area contributed by atoms with Gasteiger partial charge in [-0.2, -0.15) is 0 Å². The van der Waals surface area contributed by atoms with Crippen molar-refractivity contribution in [1.29, 1.82) is 0 Å². The number of carbonyl (C=O) groups is 2. The first-order valence-electron chi connectivity index (χ1n) is 11.2. The van der Waals surface area contributed by atoms with Crippen LogP contribution in [-0.2, 0) is 9.59 Å². The summed E-state index contributed by atoms with van der Waals surface area (Å²) in [4.78, 5) is 29.3. The minimum Gasteiger partial charge on any atom is -0.325 e. The highest BCUT2D eigenvalue weighted by atomic mass is 32.2. The lowest BCUT2D eigenvalue weighted by Crippen LogP contribution is -2.34. The summed E-state index contributed by atoms with van der Waals surface area (Å²) in [6.07, 6.45) is 8.13. The van der Waals surface area contributed by atoms with Gasteiger partial charge in [-0.05, 0) is 88.5 Å². The van der Waals surface area contributed by atoms with Crippen LogP contribution in [0.25, 0.3) is 0 Å². The zero-order valence-electron chi connectivity index (χ0n) is 18.2. The molecule has 1 aliphatic heterocycles. The Morgan fingerprint density at radius 3 is 2.48 bits per heavy atom. The van der Waals surface area contributed by atoms with Crippen molar-refractivity contribution in [1.82, 2.24) is 4.90 Å². The minimum atomic E-state index is -0.236. The third-order valence-corrected chi connectivity index (χ3v) is 7.75. The molecule has 0 aromatic heterocycles. The fourth-order valence-corrected chi connectivity index (χ4v) is 5.55. The Labute approximate surface area is 180 Å². The van der Waals surface area contributed by atoms with Crippen LogP contribution in [0.1, 0.15) is 65.2 Å². The highest BCUT2D eigenvalue weighted by molar-refractivity contribution is 8.13. The molecule has 0 bridgehead atoms. The van der Waals surface area contributed by atoms with Crippen molar-refractivity contribution in [3.05, 3.63) is 24.3 Å². The van der Waals surface area contributed by atoms with Gasteiger partial charge in [-0.1, -0.05) is 38.8 Å². The van der Waals surface area contributed by atoms with E-state index in [0.717, 1.165) is 75.0 Å². The molecule has 1 saturated heterocycles. The van der Waals surface area contributed by atoms with Crippen molar-refractivity contribution in [2.75, 3.05) is 25.5 Å². The maximum Gasteiger partial charge on any atom is 0.230 e. The second kappa shape index (κ2) is 10.1. The van der Waals surface area contributed by atoms with Crippen molar-refractivity contribution < 1.29 is 9.59 Å². The molecule has 4 nitrogen and oxygen atoms in total. The fourth-order valence-electron chi connectivity index (χ4n) is 4.56. The largest absolute Gasteiger partial charge is 0.325 e. The molecular formula is C24H36N2O2S. The van der Waals surface area contributed by atoms with E-state index in [2.05, 4.69) is 31.1 Å². The molecule has 2 fully saturated rings. The van der Waals surface area contributed by atoms with Gasteiger partial charge in [0, 0.05) is 16.2 Å². The average Bonchev–Trinajstić information content (AvgIpc) is 3.19. The van der Waals surface area contributed by atoms with E-state index >= 15 is 0 Å². The van der Waals surface area contributed by atoms with Crippen molar-refractivity contribution in [3.8, 4) is 0 Å². The Hall–Kier alpha value is -1.33. The first kappa shape index (κ1) is 22.4. The van der Waals surface area contributed by atoms with Gasteiger partial charge in [-0.3, -0.25) is 9.59 Å². The van der Waals surface area contributed by atoms with Gasteiger partial charge in [-0.25, -0.2) is 0 Å². The molecule has 160 valence electrons. The molecule has 1 aromatic carbocycles. The number of rotatable bonds is 7. The molecule has 1 N–H and O–H groups in total. The van der Waals surface area contributed by atoms with Crippen LogP contribution in [0.4, 0.5) is 5.69 Å². The van der Waals surface area contributed by atoms with Crippen molar-refractivity contribution in [2.45, 2.75) is 70.1 Å². The number of likely N-dealkylation sites (tertiary alicyclic amines) is 1. The summed E-state index contributed by atoms with van der Waals surface area (Å²) in [6, 6.07) is 7.79. The maximum absolute atomic E-state index is 13.3. The van der Waals surface area contributed by atoms with Crippen molar-refractivity contribution in [2.24, 2.45) is 17.3 Å². The van der Waals surface area contributed by atoms with Gasteiger partial charge >= 0.3 is 0 Å². The normalized spacial score (nSPS) is 20.1. The number of piperidine rings is 1. The Morgan fingerprint density at radius 1 is 1.17 bits per heavy atom. The van der Waals surface area contributed by atoms with Gasteiger partial charge in [0.15, 0.2) is 5.12 Å². The molecule has 1 saturated carbocycles. The molecule has 5 heteroatoms. The van der Waals surface area contributed by atoms with Crippen molar-refractivity contribution >= 4 is 28.5 Å². The molecular weight excluding hydrogens is 380 g/mol. The predicted octanol–water partition coefficient (Wildman–Crippen LogP) is 5.58. The van der Waals surface area contributed by atoms with Gasteiger partial charge in [0.25, 0.3) is 0 Å². The lowest BCUT2D eigenvalue weighted by molar-refractivity contribution is -0.126. The smallest absolute Gasteiger partial charge is 0.230 e. The molecule has 0 atom stereocenters. The van der Waals surface area contributed by atoms with Gasteiger partial charge in [0.05, 0.1) is 5.69 Å². The molecule has 1 aliphatic carbocycles. The first-order valence-corrected chi connectivity index (χ1v) is 12.0. The summed E-state index contributed by atoms with van der Waals surface area (Å²) >= 11 is 1.31. The number of thioether (sulfide) groups is 1. The van der Waals surface area contributed by atoms with Crippen LogP contribution < -0.4 is 5.32 Å². The van der Waals surface area contributed by atoms with Crippen LogP contribution in [-0.4, -0.2) is 36.1 Å². The monoisotopic (exact) mass is 416 g/mol.